The summed E-state index contributed by atoms with van der Waals surface area (Å²) in [4.78, 5) is 39.6. The van der Waals surface area contributed by atoms with Gasteiger partial charge in [0, 0.05) is 24.2 Å². The van der Waals surface area contributed by atoms with E-state index in [0.717, 1.165) is 18.2 Å². The number of hydrogen-bond donors (Lipinski definition) is 5. The van der Waals surface area contributed by atoms with Crippen molar-refractivity contribution in [3.63, 3.8) is 0 Å². The number of amides is 3. The van der Waals surface area contributed by atoms with Crippen LogP contribution in [0.4, 0.5) is 17.6 Å². The van der Waals surface area contributed by atoms with Gasteiger partial charge in [0.1, 0.15) is 23.4 Å². The molecule has 1 saturated heterocycles. The largest absolute Gasteiger partial charge is 0.512 e. The Balaban J connectivity index is 1.85. The van der Waals surface area contributed by atoms with Crippen molar-refractivity contribution < 1.29 is 42.2 Å². The molecule has 220 valence electrons. The molecule has 1 fully saturated rings. The molecule has 1 aliphatic heterocycles. The summed E-state index contributed by atoms with van der Waals surface area (Å²) >= 11 is 0. The molecule has 13 heteroatoms. The lowest BCUT2D eigenvalue weighted by Gasteiger charge is -2.30. The second-order valence-corrected chi connectivity index (χ2v) is 9.76. The van der Waals surface area contributed by atoms with E-state index in [1.807, 2.05) is 0 Å². The summed E-state index contributed by atoms with van der Waals surface area (Å²) in [5, 5.41) is 33.2. The average molecular weight is 579 g/mol. The second-order valence-electron chi connectivity index (χ2n) is 9.76. The third-order valence-corrected chi connectivity index (χ3v) is 6.57. The van der Waals surface area contributed by atoms with Gasteiger partial charge in [-0.15, -0.1) is 0 Å². The molecule has 0 bridgehead atoms. The van der Waals surface area contributed by atoms with Crippen LogP contribution in [0.15, 0.2) is 59.9 Å². The fourth-order valence-corrected chi connectivity index (χ4v) is 4.58. The minimum Gasteiger partial charge on any atom is -0.512 e. The van der Waals surface area contributed by atoms with E-state index in [9.17, 15) is 42.2 Å². The minimum absolute atomic E-state index is 0.151. The smallest absolute Gasteiger partial charge is 0.267 e. The highest BCUT2D eigenvalue weighted by Crippen LogP contribution is 2.33. The molecule has 3 atom stereocenters. The molecule has 3 rings (SSSR count). The third kappa shape index (κ3) is 7.69. The van der Waals surface area contributed by atoms with Crippen molar-refractivity contribution >= 4 is 23.4 Å². The number of benzene rings is 2. The van der Waals surface area contributed by atoms with Gasteiger partial charge < -0.3 is 31.2 Å². The number of alkyl halides is 2. The van der Waals surface area contributed by atoms with Crippen LogP contribution in [0.5, 0.6) is 0 Å². The van der Waals surface area contributed by atoms with E-state index < -0.39 is 89.9 Å². The van der Waals surface area contributed by atoms with Gasteiger partial charge in [-0.2, -0.15) is 0 Å². The maximum absolute atomic E-state index is 14.5. The third-order valence-electron chi connectivity index (χ3n) is 6.57. The quantitative estimate of drug-likeness (QED) is 0.128. The molecule has 2 aromatic rings. The summed E-state index contributed by atoms with van der Waals surface area (Å²) in [5.74, 6) is -9.32. The zero-order chi connectivity index (χ0) is 30.5. The Morgan fingerprint density at radius 3 is 2.24 bits per heavy atom. The summed E-state index contributed by atoms with van der Waals surface area (Å²) in [6.45, 7) is 0.519. The number of nitrogens with zero attached hydrogens (tertiary/aromatic N) is 1. The Hall–Kier alpha value is -4.26. The number of allylic oxidation sites excluding steroid dienone is 1. The summed E-state index contributed by atoms with van der Waals surface area (Å²) in [6.07, 6.45) is -3.38. The van der Waals surface area contributed by atoms with Gasteiger partial charge >= 0.3 is 0 Å². The zero-order valence-corrected chi connectivity index (χ0v) is 22.3. The molecule has 1 heterocycles. The molecule has 3 amide bonds. The van der Waals surface area contributed by atoms with Crippen LogP contribution in [0, 0.1) is 17.0 Å². The van der Waals surface area contributed by atoms with Crippen LogP contribution < -0.4 is 10.6 Å². The summed E-state index contributed by atoms with van der Waals surface area (Å²) in [6, 6.07) is 8.12. The Kier molecular flexibility index (Phi) is 9.87. The predicted molar refractivity (Wildman–Crippen MR) is 140 cm³/mol. The first-order chi connectivity index (χ1) is 19.2. The molecular weight excluding hydrogens is 548 g/mol. The number of nitrogens with one attached hydrogen (secondary N) is 3. The van der Waals surface area contributed by atoms with Gasteiger partial charge in [0.05, 0.1) is 18.2 Å². The number of hydrogen-bond acceptors (Lipinski definition) is 6. The molecule has 0 aliphatic carbocycles. The van der Waals surface area contributed by atoms with Crippen molar-refractivity contribution in [3.8, 4) is 0 Å². The molecule has 1 aliphatic rings. The van der Waals surface area contributed by atoms with Crippen molar-refractivity contribution in [1.29, 1.82) is 5.41 Å². The van der Waals surface area contributed by atoms with E-state index in [0.29, 0.717) is 10.5 Å². The molecule has 0 aromatic heterocycles. The van der Waals surface area contributed by atoms with Gasteiger partial charge in [0.15, 0.2) is 6.10 Å². The van der Waals surface area contributed by atoms with Crippen molar-refractivity contribution in [2.24, 2.45) is 0 Å². The Bertz CT molecular complexity index is 1330. The van der Waals surface area contributed by atoms with Gasteiger partial charge in [-0.05, 0) is 38.0 Å². The fourth-order valence-electron chi connectivity index (χ4n) is 4.58. The van der Waals surface area contributed by atoms with Gasteiger partial charge in [0.25, 0.3) is 17.7 Å². The van der Waals surface area contributed by atoms with Crippen LogP contribution in [-0.2, 0) is 27.3 Å². The number of aliphatic hydroxyl groups is 2. The van der Waals surface area contributed by atoms with E-state index in [1.165, 1.54) is 13.8 Å². The van der Waals surface area contributed by atoms with E-state index in [2.05, 4.69) is 10.6 Å². The predicted octanol–water partition coefficient (Wildman–Crippen LogP) is 2.78. The molecule has 5 N–H and O–H groups in total. The number of aliphatic hydroxyl groups excluding tert-OH is 2. The number of carbonyl (C=O) groups is 3. The fraction of sp³-hybridized carbons (Fsp3) is 0.357. The van der Waals surface area contributed by atoms with Crippen molar-refractivity contribution in [3.05, 3.63) is 82.6 Å². The van der Waals surface area contributed by atoms with Crippen LogP contribution in [0.25, 0.3) is 0 Å². The highest BCUT2D eigenvalue weighted by molar-refractivity contribution is 6.20. The van der Waals surface area contributed by atoms with Gasteiger partial charge in [-0.3, -0.25) is 14.4 Å². The Morgan fingerprint density at radius 2 is 1.68 bits per heavy atom. The minimum atomic E-state index is -3.51. The summed E-state index contributed by atoms with van der Waals surface area (Å²) in [5.41, 5.74) is -0.661. The van der Waals surface area contributed by atoms with Crippen LogP contribution in [0.2, 0.25) is 0 Å². The zero-order valence-electron chi connectivity index (χ0n) is 22.3. The maximum Gasteiger partial charge on any atom is 0.267 e. The molecule has 0 radical (unpaired) electrons. The van der Waals surface area contributed by atoms with Crippen molar-refractivity contribution in [1.82, 2.24) is 15.5 Å². The van der Waals surface area contributed by atoms with E-state index >= 15 is 0 Å². The molecule has 0 saturated carbocycles. The molecule has 0 unspecified atom stereocenters. The molecule has 0 spiro atoms. The average Bonchev–Trinajstić information content (AvgIpc) is 3.22. The summed E-state index contributed by atoms with van der Waals surface area (Å²) in [7, 11) is 0. The highest BCUT2D eigenvalue weighted by atomic mass is 19.3. The molecule has 9 nitrogen and oxygen atoms in total. The van der Waals surface area contributed by atoms with Crippen LogP contribution >= 0.6 is 0 Å². The lowest BCUT2D eigenvalue weighted by molar-refractivity contribution is -0.147. The number of rotatable bonds is 10. The molecule has 41 heavy (non-hydrogen) atoms. The first-order valence-corrected chi connectivity index (χ1v) is 12.6. The molecular formula is C28H30F4N4O5. The number of halogens is 4. The number of carbonyl (C=O) groups excluding carboxylic acids is 3. The van der Waals surface area contributed by atoms with E-state index in [-0.39, 0.29) is 12.1 Å². The first-order valence-electron chi connectivity index (χ1n) is 12.6. The monoisotopic (exact) mass is 578 g/mol. The normalized spacial score (nSPS) is 18.2. The Labute approximate surface area is 233 Å². The number of likely N-dealkylation sites (tertiary alicyclic amines) is 1. The van der Waals surface area contributed by atoms with Crippen molar-refractivity contribution in [2.75, 3.05) is 6.54 Å². The Morgan fingerprint density at radius 1 is 1.07 bits per heavy atom. The van der Waals surface area contributed by atoms with Gasteiger partial charge in [-0.1, -0.05) is 36.4 Å². The van der Waals surface area contributed by atoms with Gasteiger partial charge in [0.2, 0.25) is 5.91 Å². The SMILES string of the molecule is CC(=N)/C(C(=O)N[C@@H](Cc1ccccc1)[C@H](O)C(=O)N1CC(F)(F)C[C@H]1C(=O)NCc1c(F)cccc1F)=C(/C)O. The topological polar surface area (TPSA) is 143 Å². The van der Waals surface area contributed by atoms with Crippen molar-refractivity contribution in [2.45, 2.75) is 57.3 Å². The van der Waals surface area contributed by atoms with Crippen LogP contribution in [0.1, 0.15) is 31.4 Å². The van der Waals surface area contributed by atoms with E-state index in [1.54, 1.807) is 30.3 Å². The molecule has 2 aromatic carbocycles. The van der Waals surface area contributed by atoms with Gasteiger partial charge in [-0.25, -0.2) is 17.6 Å². The van der Waals surface area contributed by atoms with Crippen LogP contribution in [0.3, 0.4) is 0 Å². The van der Waals surface area contributed by atoms with Crippen LogP contribution in [-0.4, -0.2) is 69.2 Å². The second kappa shape index (κ2) is 12.9. The lowest BCUT2D eigenvalue weighted by Crippen LogP contribution is -2.56. The summed E-state index contributed by atoms with van der Waals surface area (Å²) < 4.78 is 56.8. The lowest BCUT2D eigenvalue weighted by atomic mass is 9.98. The standard InChI is InChI=1S/C28H30F4N4O5/c1-15(33)23(16(2)37)26(40)35-21(11-17-7-4-3-5-8-17)24(38)27(41)36-14-28(31,32)12-22(36)25(39)34-13-18-19(29)9-6-10-20(18)30/h3-10,21-22,24,33,37-38H,11-14H2,1-2H3,(H,34,39)(H,35,40)/b23-16+,33-15?/t21-,22-,24-/m0/s1. The van der Waals surface area contributed by atoms with E-state index in [4.69, 9.17) is 5.41 Å². The first kappa shape index (κ1) is 31.3. The maximum atomic E-state index is 14.5. The highest BCUT2D eigenvalue weighted by Gasteiger charge is 2.51.